The lowest BCUT2D eigenvalue weighted by atomic mass is 10.1. The molecule has 0 spiro atoms. The molecular formula is C14H30N2O. The summed E-state index contributed by atoms with van der Waals surface area (Å²) in [6.07, 6.45) is 2.76. The smallest absolute Gasteiger partial charge is 0.0593 e. The van der Waals surface area contributed by atoms with Crippen molar-refractivity contribution in [2.45, 2.75) is 39.7 Å². The van der Waals surface area contributed by atoms with Crippen molar-refractivity contribution in [3.8, 4) is 0 Å². The molecule has 1 aliphatic rings. The maximum absolute atomic E-state index is 5.63. The van der Waals surface area contributed by atoms with Gasteiger partial charge in [-0.3, -0.25) is 0 Å². The Hall–Kier alpha value is -0.120. The van der Waals surface area contributed by atoms with Crippen LogP contribution in [0.15, 0.2) is 0 Å². The Morgan fingerprint density at radius 2 is 1.94 bits per heavy atom. The second-order valence-corrected chi connectivity index (χ2v) is 5.81. The first-order valence-corrected chi connectivity index (χ1v) is 7.09. The van der Waals surface area contributed by atoms with Gasteiger partial charge in [-0.2, -0.15) is 0 Å². The molecule has 0 bridgehead atoms. The molecule has 1 N–H and O–H groups in total. The number of rotatable bonds is 10. The maximum Gasteiger partial charge on any atom is 0.0593 e. The maximum atomic E-state index is 5.63. The van der Waals surface area contributed by atoms with Gasteiger partial charge in [0.1, 0.15) is 0 Å². The van der Waals surface area contributed by atoms with Gasteiger partial charge in [-0.05, 0) is 38.6 Å². The molecule has 1 fully saturated rings. The summed E-state index contributed by atoms with van der Waals surface area (Å²) in [5.74, 6) is 1.59. The lowest BCUT2D eigenvalue weighted by Gasteiger charge is -2.21. The largest absolute Gasteiger partial charge is 0.380 e. The van der Waals surface area contributed by atoms with E-state index in [1.165, 1.54) is 12.8 Å². The van der Waals surface area contributed by atoms with Gasteiger partial charge >= 0.3 is 0 Å². The van der Waals surface area contributed by atoms with Crippen molar-refractivity contribution in [2.24, 2.45) is 11.8 Å². The fourth-order valence-corrected chi connectivity index (χ4v) is 1.59. The van der Waals surface area contributed by atoms with E-state index in [1.807, 2.05) is 0 Å². The Morgan fingerprint density at radius 1 is 1.24 bits per heavy atom. The number of likely N-dealkylation sites (N-methyl/N-ethyl adjacent to an activating group) is 1. The summed E-state index contributed by atoms with van der Waals surface area (Å²) in [4.78, 5) is 2.34. The molecule has 102 valence electrons. The van der Waals surface area contributed by atoms with Crippen molar-refractivity contribution in [1.82, 2.24) is 10.2 Å². The predicted octanol–water partition coefficient (Wildman–Crippen LogP) is 1.98. The minimum absolute atomic E-state index is 0.606. The Bertz CT molecular complexity index is 193. The molecule has 1 atom stereocenters. The summed E-state index contributed by atoms with van der Waals surface area (Å²) in [6, 6.07) is 0.606. The first kappa shape index (κ1) is 14.9. The Kier molecular flexibility index (Phi) is 7.09. The van der Waals surface area contributed by atoms with Gasteiger partial charge in [-0.15, -0.1) is 0 Å². The van der Waals surface area contributed by atoms with E-state index < -0.39 is 0 Å². The van der Waals surface area contributed by atoms with Gasteiger partial charge in [0.05, 0.1) is 6.61 Å². The quantitative estimate of drug-likeness (QED) is 0.593. The number of nitrogens with zero attached hydrogens (tertiary/aromatic N) is 1. The van der Waals surface area contributed by atoms with E-state index in [0.717, 1.165) is 38.8 Å². The molecule has 1 saturated carbocycles. The summed E-state index contributed by atoms with van der Waals surface area (Å²) in [7, 11) is 2.17. The van der Waals surface area contributed by atoms with Gasteiger partial charge in [0, 0.05) is 32.3 Å². The molecule has 0 aromatic rings. The highest BCUT2D eigenvalue weighted by Crippen LogP contribution is 2.28. The lowest BCUT2D eigenvalue weighted by Crippen LogP contribution is -2.37. The molecular weight excluding hydrogens is 212 g/mol. The molecule has 0 amide bonds. The van der Waals surface area contributed by atoms with Crippen LogP contribution in [0.4, 0.5) is 0 Å². The molecule has 0 aromatic heterocycles. The third kappa shape index (κ3) is 7.74. The minimum atomic E-state index is 0.606. The minimum Gasteiger partial charge on any atom is -0.380 e. The van der Waals surface area contributed by atoms with E-state index in [0.29, 0.717) is 12.0 Å². The van der Waals surface area contributed by atoms with Crippen LogP contribution in [0, 0.1) is 11.8 Å². The summed E-state index contributed by atoms with van der Waals surface area (Å²) in [5.41, 5.74) is 0. The molecule has 0 heterocycles. The highest BCUT2D eigenvalue weighted by Gasteiger charge is 2.20. The standard InChI is InChI=1S/C14H30N2O/c1-12(2)13(3)15-7-8-16(4)9-10-17-11-14-5-6-14/h12-15H,5-11H2,1-4H3. The van der Waals surface area contributed by atoms with Crippen LogP contribution in [0.3, 0.4) is 0 Å². The van der Waals surface area contributed by atoms with Crippen LogP contribution in [0.5, 0.6) is 0 Å². The van der Waals surface area contributed by atoms with E-state index >= 15 is 0 Å². The van der Waals surface area contributed by atoms with Gasteiger partial charge < -0.3 is 15.0 Å². The molecule has 3 heteroatoms. The van der Waals surface area contributed by atoms with Crippen molar-refractivity contribution < 1.29 is 4.74 Å². The average molecular weight is 242 g/mol. The van der Waals surface area contributed by atoms with Crippen LogP contribution < -0.4 is 5.32 Å². The zero-order chi connectivity index (χ0) is 12.7. The number of ether oxygens (including phenoxy) is 1. The van der Waals surface area contributed by atoms with Gasteiger partial charge in [0.25, 0.3) is 0 Å². The summed E-state index contributed by atoms with van der Waals surface area (Å²) < 4.78 is 5.63. The van der Waals surface area contributed by atoms with Crippen LogP contribution in [0.1, 0.15) is 33.6 Å². The molecule has 0 aliphatic heterocycles. The summed E-state index contributed by atoms with van der Waals surface area (Å²) >= 11 is 0. The lowest BCUT2D eigenvalue weighted by molar-refractivity contribution is 0.103. The SMILES string of the molecule is CC(C)C(C)NCCN(C)CCOCC1CC1. The van der Waals surface area contributed by atoms with Gasteiger partial charge in [0.15, 0.2) is 0 Å². The summed E-state index contributed by atoms with van der Waals surface area (Å²) in [6.45, 7) is 11.8. The second-order valence-electron chi connectivity index (χ2n) is 5.81. The molecule has 1 rings (SSSR count). The zero-order valence-electron chi connectivity index (χ0n) is 12.0. The Labute approximate surface area is 107 Å². The van der Waals surface area contributed by atoms with Crippen molar-refractivity contribution in [3.05, 3.63) is 0 Å². The van der Waals surface area contributed by atoms with Crippen molar-refractivity contribution in [3.63, 3.8) is 0 Å². The zero-order valence-corrected chi connectivity index (χ0v) is 12.0. The molecule has 1 aliphatic carbocycles. The highest BCUT2D eigenvalue weighted by atomic mass is 16.5. The average Bonchev–Trinajstić information content (AvgIpc) is 3.08. The fraction of sp³-hybridized carbons (Fsp3) is 1.00. The fourth-order valence-electron chi connectivity index (χ4n) is 1.59. The number of hydrogen-bond acceptors (Lipinski definition) is 3. The normalized spacial score (nSPS) is 18.0. The highest BCUT2D eigenvalue weighted by molar-refractivity contribution is 4.72. The summed E-state index contributed by atoms with van der Waals surface area (Å²) in [5, 5.41) is 3.55. The number of nitrogens with one attached hydrogen (secondary N) is 1. The second kappa shape index (κ2) is 8.06. The van der Waals surface area contributed by atoms with Gasteiger partial charge in [-0.25, -0.2) is 0 Å². The molecule has 0 aromatic carbocycles. The Morgan fingerprint density at radius 3 is 2.53 bits per heavy atom. The van der Waals surface area contributed by atoms with E-state index in [1.54, 1.807) is 0 Å². The Balaban J connectivity index is 1.87. The number of hydrogen-bond donors (Lipinski definition) is 1. The first-order chi connectivity index (χ1) is 8.09. The van der Waals surface area contributed by atoms with Crippen LogP contribution in [-0.4, -0.2) is 50.8 Å². The van der Waals surface area contributed by atoms with Crippen molar-refractivity contribution in [1.29, 1.82) is 0 Å². The molecule has 0 radical (unpaired) electrons. The molecule has 3 nitrogen and oxygen atoms in total. The van der Waals surface area contributed by atoms with Gasteiger partial charge in [0.2, 0.25) is 0 Å². The van der Waals surface area contributed by atoms with Crippen molar-refractivity contribution >= 4 is 0 Å². The van der Waals surface area contributed by atoms with E-state index in [-0.39, 0.29) is 0 Å². The monoisotopic (exact) mass is 242 g/mol. The molecule has 0 saturated heterocycles. The van der Waals surface area contributed by atoms with Gasteiger partial charge in [-0.1, -0.05) is 13.8 Å². The van der Waals surface area contributed by atoms with Crippen LogP contribution >= 0.6 is 0 Å². The van der Waals surface area contributed by atoms with Crippen molar-refractivity contribution in [2.75, 3.05) is 39.9 Å². The van der Waals surface area contributed by atoms with E-state index in [9.17, 15) is 0 Å². The predicted molar refractivity (Wildman–Crippen MR) is 73.3 cm³/mol. The van der Waals surface area contributed by atoms with Crippen LogP contribution in [-0.2, 0) is 4.74 Å². The third-order valence-electron chi connectivity index (χ3n) is 3.63. The van der Waals surface area contributed by atoms with E-state index in [2.05, 4.69) is 38.0 Å². The van der Waals surface area contributed by atoms with Crippen LogP contribution in [0.2, 0.25) is 0 Å². The molecule has 1 unspecified atom stereocenters. The third-order valence-corrected chi connectivity index (χ3v) is 3.63. The van der Waals surface area contributed by atoms with E-state index in [4.69, 9.17) is 4.74 Å². The molecule has 17 heavy (non-hydrogen) atoms. The topological polar surface area (TPSA) is 24.5 Å². The first-order valence-electron chi connectivity index (χ1n) is 7.09. The van der Waals surface area contributed by atoms with Crippen LogP contribution in [0.25, 0.3) is 0 Å².